The van der Waals surface area contributed by atoms with Crippen molar-refractivity contribution in [1.82, 2.24) is 14.5 Å². The van der Waals surface area contributed by atoms with Gasteiger partial charge in [-0.15, -0.1) is 0 Å². The lowest BCUT2D eigenvalue weighted by Crippen LogP contribution is -2.37. The summed E-state index contributed by atoms with van der Waals surface area (Å²) in [4.78, 5) is 18.7. The number of Topliss-reactive ketones (excluding diaryl/α,β-unsaturated/α-hetero) is 1. The molecule has 98 valence electrons. The first-order valence-electron chi connectivity index (χ1n) is 6.23. The molecule has 0 fully saturated rings. The molecule has 0 aliphatic carbocycles. The van der Waals surface area contributed by atoms with Crippen molar-refractivity contribution in [3.05, 3.63) is 51.6 Å². The van der Waals surface area contributed by atoms with Crippen molar-refractivity contribution < 1.29 is 4.79 Å². The first kappa shape index (κ1) is 12.8. The quantitative estimate of drug-likeness (QED) is 0.617. The minimum Gasteiger partial charge on any atom is -0.333 e. The summed E-state index contributed by atoms with van der Waals surface area (Å²) in [7, 11) is 0. The summed E-state index contributed by atoms with van der Waals surface area (Å²) in [6.07, 6.45) is 3.81. The molecule has 1 aromatic heterocycles. The number of hydrogen-bond acceptors (Lipinski definition) is 3. The zero-order chi connectivity index (χ0) is 13.2. The molecule has 0 atom stereocenters. The largest absolute Gasteiger partial charge is 0.333 e. The van der Waals surface area contributed by atoms with Crippen molar-refractivity contribution in [2.45, 2.75) is 13.1 Å². The van der Waals surface area contributed by atoms with Gasteiger partial charge in [0.05, 0.1) is 13.1 Å². The molecule has 0 saturated carbocycles. The van der Waals surface area contributed by atoms with Gasteiger partial charge in [0.1, 0.15) is 5.82 Å². The highest BCUT2D eigenvalue weighted by atomic mass is 127. The molecule has 19 heavy (non-hydrogen) atoms. The molecule has 1 aliphatic heterocycles. The molecule has 0 bridgehead atoms. The molecule has 0 radical (unpaired) electrons. The highest BCUT2D eigenvalue weighted by Crippen LogP contribution is 2.12. The van der Waals surface area contributed by atoms with Crippen molar-refractivity contribution in [1.29, 1.82) is 0 Å². The Balaban J connectivity index is 1.66. The summed E-state index contributed by atoms with van der Waals surface area (Å²) in [6, 6.07) is 7.73. The van der Waals surface area contributed by atoms with E-state index in [-0.39, 0.29) is 5.78 Å². The first-order chi connectivity index (χ1) is 9.22. The van der Waals surface area contributed by atoms with Crippen LogP contribution in [0.3, 0.4) is 0 Å². The Hall–Kier alpha value is -1.21. The minimum atomic E-state index is 0.177. The number of benzene rings is 1. The van der Waals surface area contributed by atoms with Crippen molar-refractivity contribution in [3.63, 3.8) is 0 Å². The van der Waals surface area contributed by atoms with Gasteiger partial charge in [0.2, 0.25) is 0 Å². The van der Waals surface area contributed by atoms with Crippen molar-refractivity contribution >= 4 is 28.4 Å². The van der Waals surface area contributed by atoms with Crippen LogP contribution >= 0.6 is 22.6 Å². The van der Waals surface area contributed by atoms with Gasteiger partial charge < -0.3 is 4.57 Å². The highest BCUT2D eigenvalue weighted by Gasteiger charge is 2.19. The molecule has 4 nitrogen and oxygen atoms in total. The number of carbonyl (C=O) groups excluding carboxylic acids is 1. The van der Waals surface area contributed by atoms with E-state index in [2.05, 4.69) is 37.0 Å². The second-order valence-corrected chi connectivity index (χ2v) is 5.92. The molecule has 0 spiro atoms. The fourth-order valence-corrected chi connectivity index (χ4v) is 2.65. The van der Waals surface area contributed by atoms with E-state index in [0.717, 1.165) is 34.6 Å². The minimum absolute atomic E-state index is 0.177. The van der Waals surface area contributed by atoms with Crippen LogP contribution < -0.4 is 0 Å². The third-order valence-electron chi connectivity index (χ3n) is 3.36. The van der Waals surface area contributed by atoms with Gasteiger partial charge in [-0.3, -0.25) is 9.69 Å². The number of rotatable bonds is 3. The van der Waals surface area contributed by atoms with Gasteiger partial charge in [-0.25, -0.2) is 4.98 Å². The molecular formula is C14H14IN3O. The number of halogens is 1. The topological polar surface area (TPSA) is 38.1 Å². The van der Waals surface area contributed by atoms with E-state index in [9.17, 15) is 4.79 Å². The van der Waals surface area contributed by atoms with E-state index in [4.69, 9.17) is 0 Å². The Morgan fingerprint density at radius 3 is 2.84 bits per heavy atom. The van der Waals surface area contributed by atoms with Crippen LogP contribution in [0.5, 0.6) is 0 Å². The monoisotopic (exact) mass is 367 g/mol. The molecule has 1 aliphatic rings. The molecule has 5 heteroatoms. The lowest BCUT2D eigenvalue weighted by molar-refractivity contribution is 0.0908. The average Bonchev–Trinajstić information content (AvgIpc) is 2.87. The predicted molar refractivity (Wildman–Crippen MR) is 81.0 cm³/mol. The molecule has 0 saturated heterocycles. The van der Waals surface area contributed by atoms with Gasteiger partial charge in [-0.05, 0) is 34.7 Å². The molecule has 0 unspecified atom stereocenters. The van der Waals surface area contributed by atoms with Crippen LogP contribution in [0.1, 0.15) is 16.2 Å². The Morgan fingerprint density at radius 2 is 2.05 bits per heavy atom. The van der Waals surface area contributed by atoms with Crippen LogP contribution in [0.2, 0.25) is 0 Å². The molecule has 2 heterocycles. The molecular weight excluding hydrogens is 353 g/mol. The van der Waals surface area contributed by atoms with E-state index in [0.29, 0.717) is 6.54 Å². The van der Waals surface area contributed by atoms with E-state index in [1.165, 1.54) is 0 Å². The Bertz CT molecular complexity index is 591. The predicted octanol–water partition coefficient (Wildman–Crippen LogP) is 2.19. The van der Waals surface area contributed by atoms with Crippen molar-refractivity contribution in [3.8, 4) is 0 Å². The number of aromatic nitrogens is 2. The van der Waals surface area contributed by atoms with E-state index < -0.39 is 0 Å². The van der Waals surface area contributed by atoms with Crippen LogP contribution in [-0.4, -0.2) is 33.3 Å². The van der Waals surface area contributed by atoms with Gasteiger partial charge in [-0.2, -0.15) is 0 Å². The Morgan fingerprint density at radius 1 is 1.26 bits per heavy atom. The second kappa shape index (κ2) is 5.42. The molecule has 3 rings (SSSR count). The first-order valence-corrected chi connectivity index (χ1v) is 7.31. The second-order valence-electron chi connectivity index (χ2n) is 4.68. The average molecular weight is 367 g/mol. The zero-order valence-corrected chi connectivity index (χ0v) is 12.6. The maximum absolute atomic E-state index is 12.2. The van der Waals surface area contributed by atoms with E-state index >= 15 is 0 Å². The van der Waals surface area contributed by atoms with Crippen LogP contribution in [0, 0.1) is 3.57 Å². The molecule has 0 amide bonds. The summed E-state index contributed by atoms with van der Waals surface area (Å²) in [5.41, 5.74) is 0.786. The van der Waals surface area contributed by atoms with Crippen LogP contribution in [0.4, 0.5) is 0 Å². The summed E-state index contributed by atoms with van der Waals surface area (Å²) in [6.45, 7) is 3.03. The van der Waals surface area contributed by atoms with Crippen molar-refractivity contribution in [2.75, 3.05) is 13.1 Å². The molecule has 1 aromatic carbocycles. The number of ketones is 1. The van der Waals surface area contributed by atoms with Crippen LogP contribution in [-0.2, 0) is 13.1 Å². The van der Waals surface area contributed by atoms with Gasteiger partial charge >= 0.3 is 0 Å². The zero-order valence-electron chi connectivity index (χ0n) is 10.4. The summed E-state index contributed by atoms with van der Waals surface area (Å²) < 4.78 is 3.29. The van der Waals surface area contributed by atoms with Gasteiger partial charge in [0.15, 0.2) is 5.78 Å². The SMILES string of the molecule is O=C(CN1CCn2ccnc2C1)c1ccc(I)cc1. The van der Waals surface area contributed by atoms with Gasteiger partial charge in [0.25, 0.3) is 0 Å². The Kier molecular flexibility index (Phi) is 3.65. The number of imidazole rings is 1. The lowest BCUT2D eigenvalue weighted by Gasteiger charge is -2.26. The standard InChI is InChI=1S/C14H14IN3O/c15-12-3-1-11(2-4-12)13(19)9-17-7-8-18-6-5-16-14(18)10-17/h1-6H,7-10H2. The normalized spacial score (nSPS) is 15.2. The summed E-state index contributed by atoms with van der Waals surface area (Å²) >= 11 is 2.24. The fourth-order valence-electron chi connectivity index (χ4n) is 2.29. The molecule has 2 aromatic rings. The third-order valence-corrected chi connectivity index (χ3v) is 4.08. The van der Waals surface area contributed by atoms with Crippen molar-refractivity contribution in [2.24, 2.45) is 0 Å². The van der Waals surface area contributed by atoms with Crippen LogP contribution in [0.15, 0.2) is 36.7 Å². The third kappa shape index (κ3) is 2.87. The number of nitrogens with zero attached hydrogens (tertiary/aromatic N) is 3. The summed E-state index contributed by atoms with van der Waals surface area (Å²) in [5, 5.41) is 0. The summed E-state index contributed by atoms with van der Waals surface area (Å²) in [5.74, 6) is 1.22. The highest BCUT2D eigenvalue weighted by molar-refractivity contribution is 14.1. The number of hydrogen-bond donors (Lipinski definition) is 0. The molecule has 0 N–H and O–H groups in total. The van der Waals surface area contributed by atoms with E-state index in [1.54, 1.807) is 0 Å². The smallest absolute Gasteiger partial charge is 0.176 e. The number of carbonyl (C=O) groups is 1. The Labute approximate surface area is 125 Å². The number of fused-ring (bicyclic) bond motifs is 1. The van der Waals surface area contributed by atoms with Crippen LogP contribution in [0.25, 0.3) is 0 Å². The van der Waals surface area contributed by atoms with Gasteiger partial charge in [0, 0.05) is 34.6 Å². The fraction of sp³-hybridized carbons (Fsp3) is 0.286. The van der Waals surface area contributed by atoms with Gasteiger partial charge in [-0.1, -0.05) is 12.1 Å². The lowest BCUT2D eigenvalue weighted by atomic mass is 10.1. The maximum atomic E-state index is 12.2. The maximum Gasteiger partial charge on any atom is 0.176 e. The van der Waals surface area contributed by atoms with E-state index in [1.807, 2.05) is 36.7 Å².